The van der Waals surface area contributed by atoms with Gasteiger partial charge in [0.1, 0.15) is 0 Å². The van der Waals surface area contributed by atoms with Crippen LogP contribution in [0.15, 0.2) is 24.3 Å². The van der Waals surface area contributed by atoms with E-state index in [1.807, 2.05) is 11.8 Å². The van der Waals surface area contributed by atoms with Gasteiger partial charge in [0.25, 0.3) is 0 Å². The molecule has 2 aliphatic heterocycles. The molecule has 0 bridgehead atoms. The molecule has 2 unspecified atom stereocenters. The predicted octanol–water partition coefficient (Wildman–Crippen LogP) is 3.20. The van der Waals surface area contributed by atoms with E-state index < -0.39 is 5.60 Å². The molecule has 2 N–H and O–H groups in total. The van der Waals surface area contributed by atoms with Gasteiger partial charge in [-0.2, -0.15) is 11.8 Å². The van der Waals surface area contributed by atoms with Crippen LogP contribution < -0.4 is 10.2 Å². The van der Waals surface area contributed by atoms with Crippen LogP contribution in [0.5, 0.6) is 0 Å². The highest BCUT2D eigenvalue weighted by Gasteiger charge is 2.31. The molecule has 4 heteroatoms. The number of nitrogens with one attached hydrogen (secondary N) is 1. The molecule has 122 valence electrons. The molecule has 2 atom stereocenters. The maximum atomic E-state index is 10.4. The standard InChI is InChI=1S/C18H28N2OS/c1-15(19-13-18(21)9-12-22-14-18)16-5-7-17(8-6-16)20-10-3-2-4-11-20/h5-8,15,19,21H,2-4,9-14H2,1H3. The fraction of sp³-hybridized carbons (Fsp3) is 0.667. The van der Waals surface area contributed by atoms with Gasteiger partial charge in [-0.05, 0) is 56.1 Å². The van der Waals surface area contributed by atoms with E-state index in [1.165, 1.54) is 43.6 Å². The van der Waals surface area contributed by atoms with Crippen molar-refractivity contribution >= 4 is 17.4 Å². The van der Waals surface area contributed by atoms with Gasteiger partial charge in [-0.3, -0.25) is 0 Å². The van der Waals surface area contributed by atoms with Crippen LogP contribution in [0.1, 0.15) is 44.2 Å². The Balaban J connectivity index is 1.55. The van der Waals surface area contributed by atoms with E-state index in [2.05, 4.69) is 41.4 Å². The molecule has 2 aliphatic rings. The highest BCUT2D eigenvalue weighted by molar-refractivity contribution is 7.99. The molecule has 1 aromatic rings. The lowest BCUT2D eigenvalue weighted by Crippen LogP contribution is -2.41. The normalized spacial score (nSPS) is 27.1. The van der Waals surface area contributed by atoms with E-state index in [0.717, 1.165) is 17.9 Å². The van der Waals surface area contributed by atoms with Gasteiger partial charge in [0, 0.05) is 37.1 Å². The van der Waals surface area contributed by atoms with Crippen molar-refractivity contribution in [3.8, 4) is 0 Å². The van der Waals surface area contributed by atoms with Crippen LogP contribution in [0.2, 0.25) is 0 Å². The smallest absolute Gasteiger partial charge is 0.0869 e. The van der Waals surface area contributed by atoms with Gasteiger partial charge in [0.15, 0.2) is 0 Å². The maximum Gasteiger partial charge on any atom is 0.0869 e. The number of hydrogen-bond donors (Lipinski definition) is 2. The van der Waals surface area contributed by atoms with Crippen LogP contribution in [0.4, 0.5) is 5.69 Å². The van der Waals surface area contributed by atoms with Crippen LogP contribution in [0.3, 0.4) is 0 Å². The minimum atomic E-state index is -0.507. The van der Waals surface area contributed by atoms with Crippen molar-refractivity contribution in [3.05, 3.63) is 29.8 Å². The Kier molecular flexibility index (Phi) is 5.32. The molecule has 0 spiro atoms. The van der Waals surface area contributed by atoms with Crippen LogP contribution in [0.25, 0.3) is 0 Å². The molecule has 0 radical (unpaired) electrons. The second kappa shape index (κ2) is 7.24. The van der Waals surface area contributed by atoms with Crippen molar-refractivity contribution < 1.29 is 5.11 Å². The Labute approximate surface area is 138 Å². The molecule has 1 aromatic carbocycles. The molecular formula is C18H28N2OS. The lowest BCUT2D eigenvalue weighted by Gasteiger charge is -2.29. The van der Waals surface area contributed by atoms with Crippen molar-refractivity contribution in [3.63, 3.8) is 0 Å². The molecule has 0 saturated carbocycles. The summed E-state index contributed by atoms with van der Waals surface area (Å²) in [5, 5.41) is 13.9. The second-order valence-corrected chi connectivity index (χ2v) is 7.87. The summed E-state index contributed by atoms with van der Waals surface area (Å²) in [5.74, 6) is 1.94. The number of aliphatic hydroxyl groups is 1. The third kappa shape index (κ3) is 3.98. The lowest BCUT2D eigenvalue weighted by atomic mass is 10.0. The topological polar surface area (TPSA) is 35.5 Å². The van der Waals surface area contributed by atoms with Crippen LogP contribution in [-0.4, -0.2) is 41.8 Å². The molecule has 0 aromatic heterocycles. The highest BCUT2D eigenvalue weighted by atomic mass is 32.2. The van der Waals surface area contributed by atoms with Crippen molar-refractivity contribution in [2.75, 3.05) is 36.0 Å². The van der Waals surface area contributed by atoms with Crippen molar-refractivity contribution in [2.45, 2.75) is 44.2 Å². The summed E-state index contributed by atoms with van der Waals surface area (Å²) >= 11 is 1.85. The van der Waals surface area contributed by atoms with E-state index >= 15 is 0 Å². The first-order chi connectivity index (χ1) is 10.7. The van der Waals surface area contributed by atoms with E-state index in [9.17, 15) is 5.11 Å². The molecule has 3 rings (SSSR count). The van der Waals surface area contributed by atoms with Gasteiger partial charge in [-0.15, -0.1) is 0 Å². The number of rotatable bonds is 5. The molecular weight excluding hydrogens is 292 g/mol. The van der Waals surface area contributed by atoms with Crippen LogP contribution in [-0.2, 0) is 0 Å². The Morgan fingerprint density at radius 3 is 2.59 bits per heavy atom. The van der Waals surface area contributed by atoms with Crippen molar-refractivity contribution in [2.24, 2.45) is 0 Å². The molecule has 2 fully saturated rings. The van der Waals surface area contributed by atoms with Gasteiger partial charge in [-0.1, -0.05) is 12.1 Å². The number of thioether (sulfide) groups is 1. The van der Waals surface area contributed by atoms with E-state index in [-0.39, 0.29) is 6.04 Å². The summed E-state index contributed by atoms with van der Waals surface area (Å²) < 4.78 is 0. The Morgan fingerprint density at radius 2 is 1.95 bits per heavy atom. The van der Waals surface area contributed by atoms with Gasteiger partial charge in [0.05, 0.1) is 5.60 Å². The highest BCUT2D eigenvalue weighted by Crippen LogP contribution is 2.28. The van der Waals surface area contributed by atoms with Gasteiger partial charge >= 0.3 is 0 Å². The Hall–Kier alpha value is -0.710. The summed E-state index contributed by atoms with van der Waals surface area (Å²) in [6.45, 7) is 5.26. The largest absolute Gasteiger partial charge is 0.388 e. The number of piperidine rings is 1. The van der Waals surface area contributed by atoms with Gasteiger partial charge < -0.3 is 15.3 Å². The fourth-order valence-corrected chi connectivity index (χ4v) is 4.62. The van der Waals surface area contributed by atoms with Crippen molar-refractivity contribution in [1.82, 2.24) is 5.32 Å². The second-order valence-electron chi connectivity index (χ2n) is 6.77. The first kappa shape index (κ1) is 16.2. The van der Waals surface area contributed by atoms with Gasteiger partial charge in [-0.25, -0.2) is 0 Å². The van der Waals surface area contributed by atoms with E-state index in [0.29, 0.717) is 6.54 Å². The van der Waals surface area contributed by atoms with Crippen molar-refractivity contribution in [1.29, 1.82) is 0 Å². The monoisotopic (exact) mass is 320 g/mol. The average Bonchev–Trinajstić information content (AvgIpc) is 3.01. The number of nitrogens with zero attached hydrogens (tertiary/aromatic N) is 1. The molecule has 2 saturated heterocycles. The third-order valence-electron chi connectivity index (χ3n) is 4.93. The molecule has 2 heterocycles. The summed E-state index contributed by atoms with van der Waals surface area (Å²) in [7, 11) is 0. The zero-order valence-corrected chi connectivity index (χ0v) is 14.4. The van der Waals surface area contributed by atoms with E-state index in [1.54, 1.807) is 0 Å². The minimum absolute atomic E-state index is 0.282. The zero-order chi connectivity index (χ0) is 15.4. The number of benzene rings is 1. The minimum Gasteiger partial charge on any atom is -0.388 e. The maximum absolute atomic E-state index is 10.4. The predicted molar refractivity (Wildman–Crippen MR) is 95.8 cm³/mol. The summed E-state index contributed by atoms with van der Waals surface area (Å²) in [5.41, 5.74) is 2.14. The first-order valence-electron chi connectivity index (χ1n) is 8.55. The first-order valence-corrected chi connectivity index (χ1v) is 9.70. The summed E-state index contributed by atoms with van der Waals surface area (Å²) in [6.07, 6.45) is 4.91. The average molecular weight is 321 g/mol. The zero-order valence-electron chi connectivity index (χ0n) is 13.6. The third-order valence-corrected chi connectivity index (χ3v) is 6.17. The molecule has 3 nitrogen and oxygen atoms in total. The summed E-state index contributed by atoms with van der Waals surface area (Å²) in [6, 6.07) is 9.24. The molecule has 22 heavy (non-hydrogen) atoms. The Morgan fingerprint density at radius 1 is 1.23 bits per heavy atom. The molecule has 0 aliphatic carbocycles. The number of hydrogen-bond acceptors (Lipinski definition) is 4. The lowest BCUT2D eigenvalue weighted by molar-refractivity contribution is 0.0651. The van der Waals surface area contributed by atoms with Crippen LogP contribution >= 0.6 is 11.8 Å². The fourth-order valence-electron chi connectivity index (χ4n) is 3.32. The molecule has 0 amide bonds. The quantitative estimate of drug-likeness (QED) is 0.873. The Bertz CT molecular complexity index is 464. The summed E-state index contributed by atoms with van der Waals surface area (Å²) in [4.78, 5) is 2.49. The van der Waals surface area contributed by atoms with Crippen LogP contribution in [0, 0.1) is 0 Å². The van der Waals surface area contributed by atoms with Gasteiger partial charge in [0.2, 0.25) is 0 Å². The SMILES string of the molecule is CC(NCC1(O)CCSC1)c1ccc(N2CCCCC2)cc1. The number of anilines is 1. The van der Waals surface area contributed by atoms with E-state index in [4.69, 9.17) is 0 Å².